The lowest BCUT2D eigenvalue weighted by atomic mass is 10.00. The first-order valence-corrected chi connectivity index (χ1v) is 8.02. The Labute approximate surface area is 140 Å². The lowest BCUT2D eigenvalue weighted by Crippen LogP contribution is -2.29. The molecule has 2 N–H and O–H groups in total. The van der Waals surface area contributed by atoms with Crippen LogP contribution in [0.1, 0.15) is 22.8 Å². The summed E-state index contributed by atoms with van der Waals surface area (Å²) in [6.45, 7) is 3.97. The van der Waals surface area contributed by atoms with Crippen molar-refractivity contribution in [2.45, 2.75) is 13.5 Å². The zero-order valence-corrected chi connectivity index (χ0v) is 13.6. The van der Waals surface area contributed by atoms with Gasteiger partial charge in [0.2, 0.25) is 5.95 Å². The van der Waals surface area contributed by atoms with Crippen molar-refractivity contribution in [3.63, 3.8) is 0 Å². The summed E-state index contributed by atoms with van der Waals surface area (Å²) in [7, 11) is 0. The Morgan fingerprint density at radius 1 is 1.33 bits per heavy atom. The van der Waals surface area contributed by atoms with E-state index in [1.807, 2.05) is 12.1 Å². The van der Waals surface area contributed by atoms with E-state index in [0.717, 1.165) is 5.56 Å². The topological polar surface area (TPSA) is 91.2 Å². The van der Waals surface area contributed by atoms with E-state index in [-0.39, 0.29) is 18.4 Å². The summed E-state index contributed by atoms with van der Waals surface area (Å²) >= 11 is 0. The van der Waals surface area contributed by atoms with E-state index >= 15 is 0 Å². The van der Waals surface area contributed by atoms with Crippen molar-refractivity contribution in [1.29, 1.82) is 0 Å². The van der Waals surface area contributed by atoms with Crippen molar-refractivity contribution in [2.75, 3.05) is 25.0 Å². The van der Waals surface area contributed by atoms with Crippen LogP contribution in [0.2, 0.25) is 0 Å². The largest absolute Gasteiger partial charge is 0.396 e. The van der Waals surface area contributed by atoms with Crippen LogP contribution in [0.5, 0.6) is 0 Å². The number of nitrogens with zero attached hydrogens (tertiary/aromatic N) is 4. The van der Waals surface area contributed by atoms with E-state index in [0.29, 0.717) is 37.1 Å². The molecule has 7 nitrogen and oxygen atoms in total. The Bertz CT molecular complexity index is 677. The molecule has 24 heavy (non-hydrogen) atoms. The summed E-state index contributed by atoms with van der Waals surface area (Å²) in [5.41, 5.74) is 1.50. The molecule has 3 rings (SSSR count). The number of amides is 1. The van der Waals surface area contributed by atoms with Crippen LogP contribution in [0.25, 0.3) is 0 Å². The van der Waals surface area contributed by atoms with Crippen LogP contribution in [-0.2, 0) is 6.54 Å². The normalized spacial score (nSPS) is 20.2. The maximum absolute atomic E-state index is 12.5. The van der Waals surface area contributed by atoms with Gasteiger partial charge in [-0.3, -0.25) is 9.78 Å². The molecule has 7 heteroatoms. The lowest BCUT2D eigenvalue weighted by Gasteiger charge is -2.15. The van der Waals surface area contributed by atoms with Gasteiger partial charge in [0, 0.05) is 56.9 Å². The predicted molar refractivity (Wildman–Crippen MR) is 89.2 cm³/mol. The maximum Gasteiger partial charge on any atom is 0.257 e. The summed E-state index contributed by atoms with van der Waals surface area (Å²) in [5, 5.41) is 12.4. The molecule has 2 aromatic heterocycles. The zero-order chi connectivity index (χ0) is 16.9. The van der Waals surface area contributed by atoms with Crippen LogP contribution in [0.3, 0.4) is 0 Å². The fourth-order valence-electron chi connectivity index (χ4n) is 2.83. The quantitative estimate of drug-likeness (QED) is 0.857. The van der Waals surface area contributed by atoms with Crippen molar-refractivity contribution in [2.24, 2.45) is 11.8 Å². The minimum absolute atomic E-state index is 0.0865. The molecule has 3 heterocycles. The highest BCUT2D eigenvalue weighted by Gasteiger charge is 2.32. The van der Waals surface area contributed by atoms with Crippen molar-refractivity contribution in [1.82, 2.24) is 19.9 Å². The fourth-order valence-corrected chi connectivity index (χ4v) is 2.83. The number of aliphatic hydroxyl groups is 1. The predicted octanol–water partition coefficient (Wildman–Crippen LogP) is 1.18. The molecule has 0 bridgehead atoms. The first kappa shape index (κ1) is 16.3. The van der Waals surface area contributed by atoms with Crippen LogP contribution in [-0.4, -0.2) is 50.6 Å². The molecule has 1 aliphatic rings. The average Bonchev–Trinajstić information content (AvgIpc) is 3.01. The number of rotatable bonds is 5. The van der Waals surface area contributed by atoms with Crippen LogP contribution in [0, 0.1) is 11.8 Å². The minimum Gasteiger partial charge on any atom is -0.396 e. The highest BCUT2D eigenvalue weighted by atomic mass is 16.3. The van der Waals surface area contributed by atoms with Crippen molar-refractivity contribution >= 4 is 11.9 Å². The molecule has 0 aromatic carbocycles. The number of hydrogen-bond donors (Lipinski definition) is 2. The number of likely N-dealkylation sites (tertiary alicyclic amines) is 1. The molecule has 1 fully saturated rings. The number of pyridine rings is 1. The van der Waals surface area contributed by atoms with Gasteiger partial charge in [-0.05, 0) is 17.5 Å². The molecule has 2 atom stereocenters. The van der Waals surface area contributed by atoms with E-state index in [1.54, 1.807) is 17.3 Å². The lowest BCUT2D eigenvalue weighted by molar-refractivity contribution is 0.0779. The van der Waals surface area contributed by atoms with Gasteiger partial charge in [0.1, 0.15) is 0 Å². The highest BCUT2D eigenvalue weighted by molar-refractivity contribution is 5.93. The highest BCUT2D eigenvalue weighted by Crippen LogP contribution is 2.23. The number of nitrogens with one attached hydrogen (secondary N) is 1. The number of aliphatic hydroxyl groups excluding tert-OH is 1. The molecule has 1 amide bonds. The molecule has 0 spiro atoms. The van der Waals surface area contributed by atoms with E-state index in [2.05, 4.69) is 27.2 Å². The van der Waals surface area contributed by atoms with Gasteiger partial charge >= 0.3 is 0 Å². The number of hydrogen-bond acceptors (Lipinski definition) is 6. The molecule has 1 saturated heterocycles. The molecule has 126 valence electrons. The van der Waals surface area contributed by atoms with Gasteiger partial charge < -0.3 is 15.3 Å². The van der Waals surface area contributed by atoms with Gasteiger partial charge in [0.25, 0.3) is 5.91 Å². The van der Waals surface area contributed by atoms with E-state index in [1.165, 1.54) is 12.4 Å². The van der Waals surface area contributed by atoms with Gasteiger partial charge in [-0.25, -0.2) is 9.97 Å². The SMILES string of the molecule is C[C@H]1CN(C(=O)c2cnc(NCc3cccnc3)nc2)CC1CO. The smallest absolute Gasteiger partial charge is 0.257 e. The van der Waals surface area contributed by atoms with Crippen molar-refractivity contribution in [3.05, 3.63) is 48.0 Å². The zero-order valence-electron chi connectivity index (χ0n) is 13.6. The third-order valence-electron chi connectivity index (χ3n) is 4.36. The Morgan fingerprint density at radius 3 is 2.75 bits per heavy atom. The number of anilines is 1. The minimum atomic E-state index is -0.0865. The fraction of sp³-hybridized carbons (Fsp3) is 0.412. The second kappa shape index (κ2) is 7.35. The van der Waals surface area contributed by atoms with Gasteiger partial charge in [-0.15, -0.1) is 0 Å². The Morgan fingerprint density at radius 2 is 2.12 bits per heavy atom. The molecular formula is C17H21N5O2. The average molecular weight is 327 g/mol. The first-order chi connectivity index (χ1) is 11.7. The Kier molecular flexibility index (Phi) is 5.00. The number of carbonyl (C=O) groups excluding carboxylic acids is 1. The summed E-state index contributed by atoms with van der Waals surface area (Å²) in [5.74, 6) is 0.839. The molecule has 1 aliphatic heterocycles. The molecule has 2 aromatic rings. The second-order valence-corrected chi connectivity index (χ2v) is 6.14. The van der Waals surface area contributed by atoms with Crippen LogP contribution < -0.4 is 5.32 Å². The van der Waals surface area contributed by atoms with Crippen molar-refractivity contribution in [3.8, 4) is 0 Å². The van der Waals surface area contributed by atoms with Crippen LogP contribution >= 0.6 is 0 Å². The second-order valence-electron chi connectivity index (χ2n) is 6.14. The molecule has 0 radical (unpaired) electrons. The number of aromatic nitrogens is 3. The monoisotopic (exact) mass is 327 g/mol. The third kappa shape index (κ3) is 3.68. The third-order valence-corrected chi connectivity index (χ3v) is 4.36. The molecule has 1 unspecified atom stereocenters. The van der Waals surface area contributed by atoms with E-state index < -0.39 is 0 Å². The maximum atomic E-state index is 12.5. The summed E-state index contributed by atoms with van der Waals surface area (Å²) in [6, 6.07) is 3.83. The van der Waals surface area contributed by atoms with Crippen LogP contribution in [0.4, 0.5) is 5.95 Å². The standard InChI is InChI=1S/C17H21N5O2/c1-12-9-22(10-15(12)11-23)16(24)14-7-20-17(21-8-14)19-6-13-3-2-4-18-5-13/h2-5,7-8,12,15,23H,6,9-11H2,1H3,(H,19,20,21)/t12-,15?/m0/s1. The van der Waals surface area contributed by atoms with E-state index in [9.17, 15) is 9.90 Å². The van der Waals surface area contributed by atoms with Gasteiger partial charge in [-0.1, -0.05) is 13.0 Å². The summed E-state index contributed by atoms with van der Waals surface area (Å²) in [6.07, 6.45) is 6.58. The summed E-state index contributed by atoms with van der Waals surface area (Å²) in [4.78, 5) is 26.7. The Hall–Kier alpha value is -2.54. The van der Waals surface area contributed by atoms with E-state index in [4.69, 9.17) is 0 Å². The molecule has 0 saturated carbocycles. The van der Waals surface area contributed by atoms with Crippen LogP contribution in [0.15, 0.2) is 36.9 Å². The van der Waals surface area contributed by atoms with Gasteiger partial charge in [0.15, 0.2) is 0 Å². The van der Waals surface area contributed by atoms with Gasteiger partial charge in [0.05, 0.1) is 5.56 Å². The van der Waals surface area contributed by atoms with Crippen molar-refractivity contribution < 1.29 is 9.90 Å². The molecule has 0 aliphatic carbocycles. The first-order valence-electron chi connectivity index (χ1n) is 8.02. The summed E-state index contributed by atoms with van der Waals surface area (Å²) < 4.78 is 0. The number of carbonyl (C=O) groups is 1. The van der Waals surface area contributed by atoms with Gasteiger partial charge in [-0.2, -0.15) is 0 Å². The Balaban J connectivity index is 1.59. The molecular weight excluding hydrogens is 306 g/mol.